The Hall–Kier alpha value is -1.83. The fraction of sp³-hybridized carbons (Fsp3) is 0.933. The van der Waals surface area contributed by atoms with E-state index in [4.69, 9.17) is 37.9 Å². The highest BCUT2D eigenvalue weighted by Gasteiger charge is 2.55. The number of hydrogen-bond acceptors (Lipinski definition) is 16. The van der Waals surface area contributed by atoms with Crippen LogP contribution in [0.25, 0.3) is 0 Å². The largest absolute Gasteiger partial charge is 0.459 e. The van der Waals surface area contributed by atoms with Gasteiger partial charge < -0.3 is 63.0 Å². The molecule has 0 aromatic rings. The van der Waals surface area contributed by atoms with Crippen LogP contribution >= 0.6 is 0 Å². The Kier molecular flexibility index (Phi) is 19.6. The molecule has 0 amide bonds. The van der Waals surface area contributed by atoms with Crippen molar-refractivity contribution in [2.24, 2.45) is 23.7 Å². The number of carbonyl (C=O) groups is 3. The molecule has 0 aromatic heterocycles. The van der Waals surface area contributed by atoms with Crippen molar-refractivity contribution in [1.29, 1.82) is 0 Å². The lowest BCUT2D eigenvalue weighted by molar-refractivity contribution is -0.320. The number of aliphatic hydroxyl groups excluding tert-OH is 2. The molecule has 1 unspecified atom stereocenters. The summed E-state index contributed by atoms with van der Waals surface area (Å²) in [5, 5.41) is 35.0. The van der Waals surface area contributed by atoms with Gasteiger partial charge in [0.05, 0.1) is 48.5 Å². The van der Waals surface area contributed by atoms with Gasteiger partial charge in [-0.05, 0) is 88.0 Å². The highest BCUT2D eigenvalue weighted by atomic mass is 16.7. The van der Waals surface area contributed by atoms with Crippen molar-refractivity contribution in [3.05, 3.63) is 0 Å². The fourth-order valence-corrected chi connectivity index (χ4v) is 9.78. The highest BCUT2D eigenvalue weighted by molar-refractivity contribution is 5.83. The standard InChI is InChI=1S/C45H82N2O14/c1-17-32-45(12,53)38(51)27(6)35(49)25(4)23-43(10,54-15)39(61-42-36(50)31(46(13)14)22-26(5)56-42)28(7)37(29(8)41(52)58-32)60-34-24-44(11,55-16)40(30(9)57-34)59-33(48)20-21-47(18-2)19-3/h25-32,34,36-40,42,50-51,53H,17-24H2,1-16H3/t25-,26-,27+,28+,29-,30+,31+,32-,34+,36-,37?,38+,39-,40+,42+,43-,44-,45-/m1/s1. The average molecular weight is 875 g/mol. The Morgan fingerprint density at radius 2 is 1.44 bits per heavy atom. The first kappa shape index (κ1) is 53.5. The number of nitrogens with zero attached hydrogens (tertiary/aromatic N) is 2. The second kappa shape index (κ2) is 22.4. The van der Waals surface area contributed by atoms with E-state index in [1.54, 1.807) is 41.5 Å². The number of ether oxygens (including phenoxy) is 8. The minimum atomic E-state index is -1.99. The van der Waals surface area contributed by atoms with Crippen molar-refractivity contribution < 1.29 is 67.6 Å². The SMILES string of the molecule is CC[C@H]1OC(=O)[C@H](C)C(O[C@H]2C[C@@](C)(OC)[C@@H](OC(=O)CCN(CC)CC)[C@H](C)O2)[C@H](C)[C@@H](O[C@@H]2O[C@H](C)C[C@H](N(C)C)[C@H]2O)[C@](C)(OC)C[C@@H](C)C(=O)[C@H](C)[C@H](O)[C@]1(C)O. The predicted octanol–water partition coefficient (Wildman–Crippen LogP) is 3.72. The van der Waals surface area contributed by atoms with Crippen molar-refractivity contribution >= 4 is 17.7 Å². The third kappa shape index (κ3) is 12.5. The average Bonchev–Trinajstić information content (AvgIpc) is 3.21. The van der Waals surface area contributed by atoms with E-state index in [2.05, 4.69) is 4.90 Å². The molecule has 18 atom stereocenters. The molecule has 0 aliphatic carbocycles. The van der Waals surface area contributed by atoms with E-state index in [0.717, 1.165) is 13.1 Å². The number of esters is 2. The lowest BCUT2D eigenvalue weighted by Gasteiger charge is -2.50. The van der Waals surface area contributed by atoms with Crippen LogP contribution in [0, 0.1) is 23.7 Å². The monoisotopic (exact) mass is 875 g/mol. The molecule has 0 bridgehead atoms. The molecular formula is C45H82N2O14. The van der Waals surface area contributed by atoms with Crippen LogP contribution < -0.4 is 0 Å². The van der Waals surface area contributed by atoms with E-state index in [9.17, 15) is 29.7 Å². The molecule has 16 heteroatoms. The fourth-order valence-electron chi connectivity index (χ4n) is 9.78. The minimum absolute atomic E-state index is 0.0921. The smallest absolute Gasteiger partial charge is 0.311 e. The van der Waals surface area contributed by atoms with Crippen LogP contribution in [0.4, 0.5) is 0 Å². The summed E-state index contributed by atoms with van der Waals surface area (Å²) in [4.78, 5) is 45.8. The number of carbonyl (C=O) groups excluding carboxylic acids is 3. The Labute approximate surface area is 365 Å². The number of likely N-dealkylation sites (N-methyl/N-ethyl adjacent to an activating group) is 1. The molecular weight excluding hydrogens is 792 g/mol. The first-order valence-corrected chi connectivity index (χ1v) is 22.5. The Morgan fingerprint density at radius 3 is 1.98 bits per heavy atom. The zero-order valence-corrected chi connectivity index (χ0v) is 40.0. The van der Waals surface area contributed by atoms with E-state index < -0.39 is 102 Å². The molecule has 356 valence electrons. The summed E-state index contributed by atoms with van der Waals surface area (Å²) in [7, 11) is 6.80. The summed E-state index contributed by atoms with van der Waals surface area (Å²) in [6, 6.07) is -0.304. The molecule has 3 N–H and O–H groups in total. The Bertz CT molecular complexity index is 1410. The third-order valence-electron chi connectivity index (χ3n) is 14.0. The first-order valence-electron chi connectivity index (χ1n) is 22.5. The quantitative estimate of drug-likeness (QED) is 0.214. The summed E-state index contributed by atoms with van der Waals surface area (Å²) in [6.45, 7) is 23.5. The Morgan fingerprint density at radius 1 is 0.852 bits per heavy atom. The molecule has 16 nitrogen and oxygen atoms in total. The molecule has 3 rings (SSSR count). The van der Waals surface area contributed by atoms with Crippen LogP contribution in [0.15, 0.2) is 0 Å². The van der Waals surface area contributed by atoms with Crippen LogP contribution in [-0.4, -0.2) is 175 Å². The highest BCUT2D eigenvalue weighted by Crippen LogP contribution is 2.42. The van der Waals surface area contributed by atoms with E-state index in [-0.39, 0.29) is 49.6 Å². The van der Waals surface area contributed by atoms with Crippen molar-refractivity contribution in [3.63, 3.8) is 0 Å². The maximum Gasteiger partial charge on any atom is 0.311 e. The van der Waals surface area contributed by atoms with Gasteiger partial charge in [-0.2, -0.15) is 0 Å². The summed E-state index contributed by atoms with van der Waals surface area (Å²) in [5.41, 5.74) is -4.34. The maximum atomic E-state index is 14.4. The van der Waals surface area contributed by atoms with Crippen molar-refractivity contribution in [1.82, 2.24) is 9.80 Å². The molecule has 3 aliphatic heterocycles. The lowest BCUT2D eigenvalue weighted by atomic mass is 9.74. The zero-order valence-electron chi connectivity index (χ0n) is 40.0. The summed E-state index contributed by atoms with van der Waals surface area (Å²) in [6.07, 6.45) is -8.69. The molecule has 0 saturated carbocycles. The minimum Gasteiger partial charge on any atom is -0.459 e. The summed E-state index contributed by atoms with van der Waals surface area (Å²) < 4.78 is 51.0. The number of aliphatic hydroxyl groups is 3. The van der Waals surface area contributed by atoms with E-state index in [0.29, 0.717) is 13.0 Å². The molecule has 0 radical (unpaired) electrons. The van der Waals surface area contributed by atoms with Gasteiger partial charge in [0, 0.05) is 51.0 Å². The summed E-state index contributed by atoms with van der Waals surface area (Å²) >= 11 is 0. The number of ketones is 1. The second-order valence-corrected chi connectivity index (χ2v) is 18.9. The molecule has 3 heterocycles. The maximum absolute atomic E-state index is 14.4. The predicted molar refractivity (Wildman–Crippen MR) is 227 cm³/mol. The molecule has 3 fully saturated rings. The van der Waals surface area contributed by atoms with Crippen molar-refractivity contribution in [3.8, 4) is 0 Å². The van der Waals surface area contributed by atoms with E-state index in [1.807, 2.05) is 53.6 Å². The first-order chi connectivity index (χ1) is 28.3. The number of methoxy groups -OCH3 is 2. The van der Waals surface area contributed by atoms with Crippen LogP contribution in [0.2, 0.25) is 0 Å². The summed E-state index contributed by atoms with van der Waals surface area (Å²) in [5.74, 6) is -4.99. The van der Waals surface area contributed by atoms with Crippen LogP contribution in [0.5, 0.6) is 0 Å². The van der Waals surface area contributed by atoms with Gasteiger partial charge in [-0.3, -0.25) is 14.4 Å². The van der Waals surface area contributed by atoms with Crippen LogP contribution in [0.1, 0.15) is 115 Å². The van der Waals surface area contributed by atoms with E-state index in [1.165, 1.54) is 21.1 Å². The van der Waals surface area contributed by atoms with Gasteiger partial charge in [0.25, 0.3) is 0 Å². The normalized spacial score (nSPS) is 43.5. The molecule has 0 spiro atoms. The Balaban J connectivity index is 2.16. The number of cyclic esters (lactones) is 1. The molecule has 3 aliphatic rings. The van der Waals surface area contributed by atoms with Crippen molar-refractivity contribution in [2.75, 3.05) is 47.9 Å². The molecule has 0 aromatic carbocycles. The van der Waals surface area contributed by atoms with Gasteiger partial charge in [-0.15, -0.1) is 0 Å². The van der Waals surface area contributed by atoms with Gasteiger partial charge in [0.1, 0.15) is 29.2 Å². The van der Waals surface area contributed by atoms with Crippen molar-refractivity contribution in [2.45, 2.75) is 199 Å². The zero-order chi connectivity index (χ0) is 46.4. The third-order valence-corrected chi connectivity index (χ3v) is 14.0. The van der Waals surface area contributed by atoms with Gasteiger partial charge >= 0.3 is 11.9 Å². The topological polar surface area (TPSA) is 192 Å². The van der Waals surface area contributed by atoms with Gasteiger partial charge in [-0.25, -0.2) is 0 Å². The second-order valence-electron chi connectivity index (χ2n) is 18.9. The van der Waals surface area contributed by atoms with Crippen LogP contribution in [-0.2, 0) is 52.3 Å². The number of Topliss-reactive ketones (excluding diaryl/α,β-unsaturated/α-hetero) is 1. The van der Waals surface area contributed by atoms with Crippen LogP contribution in [0.3, 0.4) is 0 Å². The van der Waals surface area contributed by atoms with E-state index >= 15 is 0 Å². The number of rotatable bonds is 14. The number of hydrogen-bond donors (Lipinski definition) is 3. The molecule has 61 heavy (non-hydrogen) atoms. The lowest BCUT2D eigenvalue weighted by Crippen LogP contribution is -2.61. The van der Waals surface area contributed by atoms with Gasteiger partial charge in [0.15, 0.2) is 18.7 Å². The van der Waals surface area contributed by atoms with Gasteiger partial charge in [-0.1, -0.05) is 41.5 Å². The van der Waals surface area contributed by atoms with Gasteiger partial charge in [0.2, 0.25) is 0 Å². The molecule has 3 saturated heterocycles.